The minimum Gasteiger partial charge on any atom is -0.484 e. The molecule has 25 heavy (non-hydrogen) atoms. The van der Waals surface area contributed by atoms with Gasteiger partial charge in [-0.05, 0) is 54.3 Å². The maximum absolute atomic E-state index is 12.7. The zero-order valence-electron chi connectivity index (χ0n) is 13.8. The molecular formula is C19H18ClNO3S. The number of ether oxygens (including phenoxy) is 1. The van der Waals surface area contributed by atoms with Crippen LogP contribution in [0.3, 0.4) is 0 Å². The molecule has 0 unspecified atom stereocenters. The van der Waals surface area contributed by atoms with E-state index >= 15 is 0 Å². The molecule has 0 aliphatic rings. The van der Waals surface area contributed by atoms with Crippen LogP contribution in [0.15, 0.2) is 58.5 Å². The Balaban J connectivity index is 1.68. The topological polar surface area (TPSA) is 42.7 Å². The van der Waals surface area contributed by atoms with Crippen molar-refractivity contribution in [1.82, 2.24) is 4.90 Å². The van der Waals surface area contributed by atoms with E-state index in [2.05, 4.69) is 6.07 Å². The predicted octanol–water partition coefficient (Wildman–Crippen LogP) is 4.91. The van der Waals surface area contributed by atoms with Crippen LogP contribution in [0.5, 0.6) is 5.75 Å². The molecule has 130 valence electrons. The quantitative estimate of drug-likeness (QED) is 0.589. The number of amides is 1. The Hall–Kier alpha value is -2.24. The molecule has 0 saturated carbocycles. The van der Waals surface area contributed by atoms with Crippen molar-refractivity contribution in [3.63, 3.8) is 0 Å². The summed E-state index contributed by atoms with van der Waals surface area (Å²) < 4.78 is 11.0. The first-order valence-electron chi connectivity index (χ1n) is 7.83. The molecule has 0 aliphatic carbocycles. The Morgan fingerprint density at radius 1 is 1.24 bits per heavy atom. The van der Waals surface area contributed by atoms with Crippen LogP contribution >= 0.6 is 22.9 Å². The highest BCUT2D eigenvalue weighted by Gasteiger charge is 2.18. The van der Waals surface area contributed by atoms with Crippen LogP contribution in [0.25, 0.3) is 0 Å². The lowest BCUT2D eigenvalue weighted by Gasteiger charge is -2.21. The second kappa shape index (κ2) is 8.23. The number of thiophene rings is 1. The molecule has 0 spiro atoms. The molecule has 4 nitrogen and oxygen atoms in total. The Kier molecular flexibility index (Phi) is 5.79. The summed E-state index contributed by atoms with van der Waals surface area (Å²) in [7, 11) is 0. The van der Waals surface area contributed by atoms with E-state index < -0.39 is 0 Å². The van der Waals surface area contributed by atoms with E-state index in [1.165, 1.54) is 5.56 Å². The van der Waals surface area contributed by atoms with Crippen molar-refractivity contribution >= 4 is 28.8 Å². The van der Waals surface area contributed by atoms with E-state index in [0.29, 0.717) is 23.9 Å². The second-order valence-corrected chi connectivity index (χ2v) is 7.04. The number of hydrogen-bond donors (Lipinski definition) is 0. The highest BCUT2D eigenvalue weighted by atomic mass is 35.5. The lowest BCUT2D eigenvalue weighted by atomic mass is 10.2. The van der Waals surface area contributed by atoms with Gasteiger partial charge in [-0.15, -0.1) is 11.3 Å². The number of hydrogen-bond acceptors (Lipinski definition) is 4. The number of furan rings is 1. The normalized spacial score (nSPS) is 10.6. The second-order valence-electron chi connectivity index (χ2n) is 5.60. The third kappa shape index (κ3) is 4.87. The summed E-state index contributed by atoms with van der Waals surface area (Å²) in [4.78, 5) is 15.6. The summed E-state index contributed by atoms with van der Waals surface area (Å²) in [5, 5.41) is 2.61. The van der Waals surface area contributed by atoms with Crippen molar-refractivity contribution in [2.45, 2.75) is 20.0 Å². The zero-order valence-corrected chi connectivity index (χ0v) is 15.3. The Labute approximate surface area is 155 Å². The van der Waals surface area contributed by atoms with Crippen LogP contribution in [-0.4, -0.2) is 17.4 Å². The molecular weight excluding hydrogens is 358 g/mol. The number of rotatable bonds is 7. The van der Waals surface area contributed by atoms with Crippen molar-refractivity contribution in [3.05, 3.63) is 75.3 Å². The highest BCUT2D eigenvalue weighted by Crippen LogP contribution is 2.21. The predicted molar refractivity (Wildman–Crippen MR) is 99.0 cm³/mol. The van der Waals surface area contributed by atoms with Gasteiger partial charge in [-0.2, -0.15) is 0 Å². The van der Waals surface area contributed by atoms with Crippen molar-refractivity contribution in [2.75, 3.05) is 6.61 Å². The summed E-state index contributed by atoms with van der Waals surface area (Å²) >= 11 is 7.58. The van der Waals surface area contributed by atoms with Gasteiger partial charge in [0.2, 0.25) is 0 Å². The zero-order chi connectivity index (χ0) is 17.6. The first-order valence-corrected chi connectivity index (χ1v) is 9.09. The molecule has 3 rings (SSSR count). The lowest BCUT2D eigenvalue weighted by Crippen LogP contribution is -2.33. The fourth-order valence-corrected chi connectivity index (χ4v) is 3.46. The van der Waals surface area contributed by atoms with Gasteiger partial charge in [0.25, 0.3) is 5.91 Å². The van der Waals surface area contributed by atoms with Crippen LogP contribution in [0.1, 0.15) is 16.2 Å². The van der Waals surface area contributed by atoms with Gasteiger partial charge in [0.05, 0.1) is 19.4 Å². The van der Waals surface area contributed by atoms with Gasteiger partial charge in [-0.1, -0.05) is 17.7 Å². The highest BCUT2D eigenvalue weighted by molar-refractivity contribution is 7.10. The summed E-state index contributed by atoms with van der Waals surface area (Å²) in [6.07, 6.45) is 1.61. The van der Waals surface area contributed by atoms with Gasteiger partial charge in [-0.25, -0.2) is 0 Å². The van der Waals surface area contributed by atoms with Crippen molar-refractivity contribution < 1.29 is 13.9 Å². The molecule has 0 saturated heterocycles. The molecule has 0 radical (unpaired) electrons. The minimum absolute atomic E-state index is 0.0501. The fourth-order valence-electron chi connectivity index (χ4n) is 2.36. The van der Waals surface area contributed by atoms with Crippen LogP contribution in [0.2, 0.25) is 5.02 Å². The molecule has 0 N–H and O–H groups in total. The van der Waals surface area contributed by atoms with E-state index in [1.807, 2.05) is 24.4 Å². The molecule has 1 aromatic carbocycles. The summed E-state index contributed by atoms with van der Waals surface area (Å²) in [5.41, 5.74) is 1.18. The molecule has 0 bridgehead atoms. The summed E-state index contributed by atoms with van der Waals surface area (Å²) in [6.45, 7) is 2.93. The van der Waals surface area contributed by atoms with Crippen LogP contribution in [0.4, 0.5) is 0 Å². The van der Waals surface area contributed by atoms with Crippen LogP contribution < -0.4 is 4.74 Å². The van der Waals surface area contributed by atoms with Gasteiger partial charge in [0, 0.05) is 9.90 Å². The van der Waals surface area contributed by atoms with Gasteiger partial charge in [0.15, 0.2) is 6.61 Å². The molecule has 1 amide bonds. The number of benzene rings is 1. The molecule has 2 aromatic heterocycles. The average Bonchev–Trinajstić information content (AvgIpc) is 3.24. The molecule has 3 aromatic rings. The van der Waals surface area contributed by atoms with E-state index in [4.69, 9.17) is 20.8 Å². The maximum atomic E-state index is 12.7. The Morgan fingerprint density at radius 2 is 2.12 bits per heavy atom. The molecule has 0 atom stereocenters. The van der Waals surface area contributed by atoms with E-state index in [9.17, 15) is 4.79 Å². The first-order chi connectivity index (χ1) is 12.1. The van der Waals surface area contributed by atoms with E-state index in [-0.39, 0.29) is 12.5 Å². The third-order valence-electron chi connectivity index (χ3n) is 3.74. The molecule has 2 heterocycles. The van der Waals surface area contributed by atoms with Crippen molar-refractivity contribution in [3.8, 4) is 5.75 Å². The minimum atomic E-state index is -0.107. The van der Waals surface area contributed by atoms with Crippen molar-refractivity contribution in [1.29, 1.82) is 0 Å². The standard InChI is InChI=1S/C19H18ClNO3S/c1-14-7-9-25-18(14)12-21(11-17-6-3-8-23-17)19(22)13-24-16-5-2-4-15(20)10-16/h2-10H,11-13H2,1H3. The van der Waals surface area contributed by atoms with Crippen LogP contribution in [-0.2, 0) is 17.9 Å². The SMILES string of the molecule is Cc1ccsc1CN(Cc1ccco1)C(=O)COc1cccc(Cl)c1. The number of carbonyl (C=O) groups is 1. The molecule has 0 aliphatic heterocycles. The van der Waals surface area contributed by atoms with E-state index in [0.717, 1.165) is 10.6 Å². The third-order valence-corrected chi connectivity index (χ3v) is 4.98. The largest absolute Gasteiger partial charge is 0.484 e. The lowest BCUT2D eigenvalue weighted by molar-refractivity contribution is -0.134. The smallest absolute Gasteiger partial charge is 0.261 e. The van der Waals surface area contributed by atoms with Gasteiger partial charge >= 0.3 is 0 Å². The van der Waals surface area contributed by atoms with Gasteiger partial charge < -0.3 is 14.1 Å². The number of aryl methyl sites for hydroxylation is 1. The summed E-state index contributed by atoms with van der Waals surface area (Å²) in [5.74, 6) is 1.21. The number of nitrogens with zero attached hydrogens (tertiary/aromatic N) is 1. The molecule has 6 heteroatoms. The Morgan fingerprint density at radius 3 is 2.80 bits per heavy atom. The maximum Gasteiger partial charge on any atom is 0.261 e. The Bertz CT molecular complexity index is 829. The molecule has 0 fully saturated rings. The van der Waals surface area contributed by atoms with Crippen molar-refractivity contribution in [2.24, 2.45) is 0 Å². The number of halogens is 1. The monoisotopic (exact) mass is 375 g/mol. The fraction of sp³-hybridized carbons (Fsp3) is 0.211. The number of carbonyl (C=O) groups excluding carboxylic acids is 1. The van der Waals surface area contributed by atoms with Gasteiger partial charge in [0.1, 0.15) is 11.5 Å². The first kappa shape index (κ1) is 17.6. The summed E-state index contributed by atoms with van der Waals surface area (Å²) in [6, 6.07) is 12.7. The van der Waals surface area contributed by atoms with Crippen LogP contribution in [0, 0.1) is 6.92 Å². The van der Waals surface area contributed by atoms with Gasteiger partial charge in [-0.3, -0.25) is 4.79 Å². The van der Waals surface area contributed by atoms with E-state index in [1.54, 1.807) is 46.8 Å². The average molecular weight is 376 g/mol.